The minimum Gasteiger partial charge on any atom is -0.264 e. The van der Waals surface area contributed by atoms with E-state index in [9.17, 15) is 5.26 Å². The fourth-order valence-electron chi connectivity index (χ4n) is 5.57. The van der Waals surface area contributed by atoms with Gasteiger partial charge in [0, 0.05) is 18.5 Å². The van der Waals surface area contributed by atoms with Crippen LogP contribution in [0.3, 0.4) is 0 Å². The number of pyridine rings is 1. The number of nitriles is 1. The maximum atomic E-state index is 9.25. The molecule has 5 rings (SSSR count). The Morgan fingerprint density at radius 2 is 1.85 bits per heavy atom. The van der Waals surface area contributed by atoms with Gasteiger partial charge in [0.2, 0.25) is 0 Å². The molecule has 4 bridgehead atoms. The Kier molecular flexibility index (Phi) is 2.70. The first-order valence-corrected chi connectivity index (χ1v) is 7.80. The van der Waals surface area contributed by atoms with Crippen LogP contribution in [0.15, 0.2) is 30.6 Å². The van der Waals surface area contributed by atoms with E-state index < -0.39 is 0 Å². The van der Waals surface area contributed by atoms with Crippen LogP contribution in [0.5, 0.6) is 0 Å². The summed E-state index contributed by atoms with van der Waals surface area (Å²) in [6.07, 6.45) is 13.7. The molecular formula is C18H20N2. The minimum absolute atomic E-state index is 0.271. The van der Waals surface area contributed by atoms with Crippen molar-refractivity contribution >= 4 is 5.57 Å². The lowest BCUT2D eigenvalue weighted by atomic mass is 9.47. The van der Waals surface area contributed by atoms with Crippen molar-refractivity contribution in [1.29, 1.82) is 5.26 Å². The molecule has 0 unspecified atom stereocenters. The van der Waals surface area contributed by atoms with Crippen LogP contribution >= 0.6 is 0 Å². The van der Waals surface area contributed by atoms with Gasteiger partial charge in [0.15, 0.2) is 0 Å². The van der Waals surface area contributed by atoms with E-state index >= 15 is 0 Å². The molecule has 0 aromatic carbocycles. The van der Waals surface area contributed by atoms with Crippen molar-refractivity contribution in [3.8, 4) is 6.07 Å². The molecule has 2 nitrogen and oxygen atoms in total. The van der Waals surface area contributed by atoms with Crippen LogP contribution in [0.1, 0.15) is 44.1 Å². The van der Waals surface area contributed by atoms with Gasteiger partial charge < -0.3 is 0 Å². The predicted molar refractivity (Wildman–Crippen MR) is 78.4 cm³/mol. The number of nitrogens with zero attached hydrogens (tertiary/aromatic N) is 2. The normalized spacial score (nSPS) is 38.8. The minimum atomic E-state index is 0.271. The Labute approximate surface area is 120 Å². The van der Waals surface area contributed by atoms with E-state index in [0.29, 0.717) is 0 Å². The predicted octanol–water partition coefficient (Wildman–Crippen LogP) is 4.20. The summed E-state index contributed by atoms with van der Waals surface area (Å²) in [6.45, 7) is 0. The maximum Gasteiger partial charge on any atom is 0.0915 e. The molecule has 0 spiro atoms. The summed E-state index contributed by atoms with van der Waals surface area (Å²) in [6, 6.07) is 6.41. The molecule has 0 atom stereocenters. The summed E-state index contributed by atoms with van der Waals surface area (Å²) in [4.78, 5) is 4.27. The van der Waals surface area contributed by atoms with Crippen LogP contribution in [0.4, 0.5) is 0 Å². The molecule has 0 saturated heterocycles. The van der Waals surface area contributed by atoms with Gasteiger partial charge in [-0.15, -0.1) is 0 Å². The molecule has 4 aliphatic carbocycles. The molecule has 1 aromatic rings. The smallest absolute Gasteiger partial charge is 0.0915 e. The van der Waals surface area contributed by atoms with Crippen molar-refractivity contribution in [2.75, 3.05) is 0 Å². The molecule has 0 amide bonds. The maximum absolute atomic E-state index is 9.25. The Morgan fingerprint density at radius 1 is 1.20 bits per heavy atom. The number of rotatable bonds is 2. The molecule has 0 aliphatic heterocycles. The average molecular weight is 264 g/mol. The van der Waals surface area contributed by atoms with Crippen molar-refractivity contribution in [1.82, 2.24) is 4.98 Å². The molecule has 4 aliphatic rings. The summed E-state index contributed by atoms with van der Waals surface area (Å²) in [5.74, 6) is 2.71. The van der Waals surface area contributed by atoms with Crippen LogP contribution in [0, 0.1) is 34.5 Å². The van der Waals surface area contributed by atoms with Gasteiger partial charge in [-0.1, -0.05) is 6.07 Å². The van der Waals surface area contributed by atoms with Gasteiger partial charge in [0.1, 0.15) is 0 Å². The van der Waals surface area contributed by atoms with E-state index in [0.717, 1.165) is 23.3 Å². The highest BCUT2D eigenvalue weighted by Crippen LogP contribution is 2.64. The molecule has 4 saturated carbocycles. The van der Waals surface area contributed by atoms with Crippen molar-refractivity contribution in [2.24, 2.45) is 23.2 Å². The number of aromatic nitrogens is 1. The zero-order valence-corrected chi connectivity index (χ0v) is 11.8. The second kappa shape index (κ2) is 4.45. The van der Waals surface area contributed by atoms with Crippen molar-refractivity contribution in [2.45, 2.75) is 38.5 Å². The molecule has 2 heteroatoms. The summed E-state index contributed by atoms with van der Waals surface area (Å²) in [7, 11) is 0. The van der Waals surface area contributed by atoms with Gasteiger partial charge in [0.05, 0.1) is 6.07 Å². The van der Waals surface area contributed by atoms with Gasteiger partial charge in [-0.05, 0) is 78.9 Å². The van der Waals surface area contributed by atoms with E-state index in [4.69, 9.17) is 0 Å². The van der Waals surface area contributed by atoms with Crippen LogP contribution in [-0.4, -0.2) is 4.98 Å². The zero-order valence-electron chi connectivity index (χ0n) is 11.8. The molecular weight excluding hydrogens is 244 g/mol. The van der Waals surface area contributed by atoms with Crippen LogP contribution in [-0.2, 0) is 0 Å². The highest BCUT2D eigenvalue weighted by molar-refractivity contribution is 5.72. The van der Waals surface area contributed by atoms with Gasteiger partial charge in [-0.3, -0.25) is 4.98 Å². The lowest BCUT2D eigenvalue weighted by molar-refractivity contribution is -0.0177. The van der Waals surface area contributed by atoms with Crippen LogP contribution < -0.4 is 0 Å². The molecule has 0 N–H and O–H groups in total. The first kappa shape index (κ1) is 12.1. The standard InChI is InChI=1S/C18H20N2/c19-4-3-17(16-2-1-5-20-12-16)18-9-13-6-14(10-18)8-15(7-13)11-18/h1-3,5,12-15H,6-11H2/b17-3+. The Morgan fingerprint density at radius 3 is 2.35 bits per heavy atom. The first-order chi connectivity index (χ1) is 9.79. The van der Waals surface area contributed by atoms with E-state index in [1.165, 1.54) is 44.1 Å². The molecule has 102 valence electrons. The second-order valence-electron chi connectivity index (χ2n) is 7.13. The summed E-state index contributed by atoms with van der Waals surface area (Å²) in [5, 5.41) is 9.25. The summed E-state index contributed by atoms with van der Waals surface area (Å²) < 4.78 is 0. The third-order valence-electron chi connectivity index (χ3n) is 5.79. The van der Waals surface area contributed by atoms with Crippen LogP contribution in [0.25, 0.3) is 5.57 Å². The average Bonchev–Trinajstić information content (AvgIpc) is 2.44. The molecule has 0 radical (unpaired) electrons. The molecule has 1 heterocycles. The monoisotopic (exact) mass is 264 g/mol. The quantitative estimate of drug-likeness (QED) is 0.750. The Hall–Kier alpha value is -1.62. The Balaban J connectivity index is 1.78. The van der Waals surface area contributed by atoms with Crippen LogP contribution in [0.2, 0.25) is 0 Å². The van der Waals surface area contributed by atoms with E-state index in [2.05, 4.69) is 17.1 Å². The fraction of sp³-hybridized carbons (Fsp3) is 0.556. The van der Waals surface area contributed by atoms with Crippen molar-refractivity contribution in [3.63, 3.8) is 0 Å². The number of hydrogen-bond donors (Lipinski definition) is 0. The zero-order chi connectivity index (χ0) is 13.6. The van der Waals surface area contributed by atoms with Gasteiger partial charge in [0.25, 0.3) is 0 Å². The topological polar surface area (TPSA) is 36.7 Å². The Bertz CT molecular complexity index is 544. The van der Waals surface area contributed by atoms with E-state index in [-0.39, 0.29) is 5.41 Å². The highest BCUT2D eigenvalue weighted by Gasteiger charge is 2.52. The molecule has 4 fully saturated rings. The number of allylic oxidation sites excluding steroid dienone is 2. The van der Waals surface area contributed by atoms with Gasteiger partial charge in [-0.25, -0.2) is 0 Å². The lowest BCUT2D eigenvalue weighted by Gasteiger charge is -2.57. The highest BCUT2D eigenvalue weighted by atomic mass is 14.6. The number of hydrogen-bond acceptors (Lipinski definition) is 2. The first-order valence-electron chi connectivity index (χ1n) is 7.80. The van der Waals surface area contributed by atoms with Gasteiger partial charge in [-0.2, -0.15) is 5.26 Å². The van der Waals surface area contributed by atoms with Crippen molar-refractivity contribution < 1.29 is 0 Å². The summed E-state index contributed by atoms with van der Waals surface area (Å²) >= 11 is 0. The van der Waals surface area contributed by atoms with E-state index in [1.807, 2.05) is 24.5 Å². The summed E-state index contributed by atoms with van der Waals surface area (Å²) in [5.41, 5.74) is 2.70. The fourth-order valence-corrected chi connectivity index (χ4v) is 5.57. The largest absolute Gasteiger partial charge is 0.264 e. The van der Waals surface area contributed by atoms with Crippen molar-refractivity contribution in [3.05, 3.63) is 36.2 Å². The molecule has 20 heavy (non-hydrogen) atoms. The molecule has 1 aromatic heterocycles. The SMILES string of the molecule is N#C/C=C(\c1cccnc1)C12CC3CC(CC(C3)C1)C2. The third-order valence-corrected chi connectivity index (χ3v) is 5.79. The van der Waals surface area contributed by atoms with E-state index in [1.54, 1.807) is 0 Å². The van der Waals surface area contributed by atoms with Gasteiger partial charge >= 0.3 is 0 Å². The lowest BCUT2D eigenvalue weighted by Crippen LogP contribution is -2.46. The second-order valence-corrected chi connectivity index (χ2v) is 7.13. The third kappa shape index (κ3) is 1.80.